The molecule has 1 rings (SSSR count). The minimum atomic E-state index is -0.905. The molecule has 5 heteroatoms. The van der Waals surface area contributed by atoms with Gasteiger partial charge in [-0.25, -0.2) is 0 Å². The lowest BCUT2D eigenvalue weighted by atomic mass is 10.0. The maximum atomic E-state index is 11.4. The van der Waals surface area contributed by atoms with Gasteiger partial charge in [0, 0.05) is 6.04 Å². The standard InChI is InChI=1S/C15H23NO4/c1-5-10(3)16-14(15(17)18)11-7-8-12(19-4)13(9-11)20-6-2/h7-10,14,16H,5-6H2,1-4H3,(H,17,18). The minimum absolute atomic E-state index is 0.119. The van der Waals surface area contributed by atoms with E-state index in [-0.39, 0.29) is 6.04 Å². The van der Waals surface area contributed by atoms with Gasteiger partial charge in [-0.05, 0) is 38.0 Å². The Morgan fingerprint density at radius 3 is 2.55 bits per heavy atom. The van der Waals surface area contributed by atoms with E-state index in [9.17, 15) is 9.90 Å². The smallest absolute Gasteiger partial charge is 0.325 e. The van der Waals surface area contributed by atoms with Crippen LogP contribution in [0.2, 0.25) is 0 Å². The lowest BCUT2D eigenvalue weighted by Gasteiger charge is -2.20. The molecule has 0 fully saturated rings. The van der Waals surface area contributed by atoms with Crippen LogP contribution in [0.1, 0.15) is 38.8 Å². The molecule has 0 amide bonds. The van der Waals surface area contributed by atoms with Gasteiger partial charge < -0.3 is 14.6 Å². The van der Waals surface area contributed by atoms with Gasteiger partial charge in [-0.2, -0.15) is 0 Å². The molecule has 112 valence electrons. The van der Waals surface area contributed by atoms with Crippen LogP contribution in [0.15, 0.2) is 18.2 Å². The molecule has 0 heterocycles. The molecule has 1 aromatic carbocycles. The zero-order valence-electron chi connectivity index (χ0n) is 12.5. The Hall–Kier alpha value is -1.75. The summed E-state index contributed by atoms with van der Waals surface area (Å²) in [6.45, 7) is 6.34. The van der Waals surface area contributed by atoms with E-state index in [1.807, 2.05) is 20.8 Å². The first-order valence-corrected chi connectivity index (χ1v) is 6.83. The third-order valence-electron chi connectivity index (χ3n) is 3.13. The van der Waals surface area contributed by atoms with Crippen LogP contribution in [-0.2, 0) is 4.79 Å². The molecule has 2 atom stereocenters. The molecular weight excluding hydrogens is 258 g/mol. The zero-order valence-corrected chi connectivity index (χ0v) is 12.5. The summed E-state index contributed by atoms with van der Waals surface area (Å²) in [5.74, 6) is 0.255. The van der Waals surface area contributed by atoms with Crippen molar-refractivity contribution in [3.63, 3.8) is 0 Å². The molecule has 2 unspecified atom stereocenters. The predicted octanol–water partition coefficient (Wildman–Crippen LogP) is 2.61. The number of carboxylic acids is 1. The van der Waals surface area contributed by atoms with Gasteiger partial charge in [-0.1, -0.05) is 13.0 Å². The number of rotatable bonds is 8. The Bertz CT molecular complexity index is 447. The Kier molecular flexibility index (Phi) is 6.31. The first kappa shape index (κ1) is 16.3. The zero-order chi connectivity index (χ0) is 15.1. The number of aliphatic carboxylic acids is 1. The third-order valence-corrected chi connectivity index (χ3v) is 3.13. The third kappa shape index (κ3) is 4.13. The van der Waals surface area contributed by atoms with Crippen molar-refractivity contribution >= 4 is 5.97 Å². The molecule has 0 saturated carbocycles. The highest BCUT2D eigenvalue weighted by Crippen LogP contribution is 2.30. The summed E-state index contributed by atoms with van der Waals surface area (Å²) in [6, 6.07) is 4.56. The molecule has 0 saturated heterocycles. The van der Waals surface area contributed by atoms with Crippen molar-refractivity contribution in [3.05, 3.63) is 23.8 Å². The molecule has 2 N–H and O–H groups in total. The fourth-order valence-electron chi connectivity index (χ4n) is 1.85. The maximum Gasteiger partial charge on any atom is 0.325 e. The molecule has 0 aliphatic rings. The van der Waals surface area contributed by atoms with Crippen molar-refractivity contribution in [2.24, 2.45) is 0 Å². The van der Waals surface area contributed by atoms with Gasteiger partial charge in [-0.3, -0.25) is 10.1 Å². The SMILES string of the molecule is CCOc1cc(C(NC(C)CC)C(=O)O)ccc1OC. The quantitative estimate of drug-likeness (QED) is 0.766. The van der Waals surface area contributed by atoms with Gasteiger partial charge in [0.1, 0.15) is 6.04 Å². The van der Waals surface area contributed by atoms with Gasteiger partial charge in [0.2, 0.25) is 0 Å². The summed E-state index contributed by atoms with van der Waals surface area (Å²) < 4.78 is 10.7. The number of hydrogen-bond donors (Lipinski definition) is 2. The highest BCUT2D eigenvalue weighted by molar-refractivity contribution is 5.76. The van der Waals surface area contributed by atoms with Crippen molar-refractivity contribution in [1.29, 1.82) is 0 Å². The molecule has 5 nitrogen and oxygen atoms in total. The number of hydrogen-bond acceptors (Lipinski definition) is 4. The molecular formula is C15H23NO4. The summed E-state index contributed by atoms with van der Waals surface area (Å²) in [5, 5.41) is 12.5. The van der Waals surface area contributed by atoms with Gasteiger partial charge >= 0.3 is 5.97 Å². The molecule has 20 heavy (non-hydrogen) atoms. The average molecular weight is 281 g/mol. The van der Waals surface area contributed by atoms with E-state index in [0.29, 0.717) is 23.7 Å². The Morgan fingerprint density at radius 1 is 1.35 bits per heavy atom. The van der Waals surface area contributed by atoms with Gasteiger partial charge in [0.15, 0.2) is 11.5 Å². The highest BCUT2D eigenvalue weighted by Gasteiger charge is 2.22. The first-order valence-electron chi connectivity index (χ1n) is 6.83. The summed E-state index contributed by atoms with van der Waals surface area (Å²) in [5.41, 5.74) is 0.655. The summed E-state index contributed by atoms with van der Waals surface area (Å²) in [6.07, 6.45) is 0.859. The molecule has 0 aliphatic heterocycles. The molecule has 0 aliphatic carbocycles. The first-order chi connectivity index (χ1) is 9.53. The van der Waals surface area contributed by atoms with Crippen LogP contribution in [-0.4, -0.2) is 30.8 Å². The van der Waals surface area contributed by atoms with Crippen LogP contribution in [0, 0.1) is 0 Å². The fourth-order valence-corrected chi connectivity index (χ4v) is 1.85. The highest BCUT2D eigenvalue weighted by atomic mass is 16.5. The summed E-state index contributed by atoms with van der Waals surface area (Å²) in [7, 11) is 1.56. The van der Waals surface area contributed by atoms with Crippen molar-refractivity contribution in [2.75, 3.05) is 13.7 Å². The van der Waals surface area contributed by atoms with Crippen LogP contribution in [0.5, 0.6) is 11.5 Å². The number of carbonyl (C=O) groups is 1. The largest absolute Gasteiger partial charge is 0.493 e. The number of carboxylic acid groups (broad SMARTS) is 1. The second-order valence-electron chi connectivity index (χ2n) is 4.59. The molecule has 0 radical (unpaired) electrons. The summed E-state index contributed by atoms with van der Waals surface area (Å²) >= 11 is 0. The number of methoxy groups -OCH3 is 1. The molecule has 1 aromatic rings. The number of benzene rings is 1. The Balaban J connectivity index is 3.07. The Morgan fingerprint density at radius 2 is 2.05 bits per heavy atom. The van der Waals surface area contributed by atoms with Crippen molar-refractivity contribution in [3.8, 4) is 11.5 Å². The van der Waals surface area contributed by atoms with E-state index in [2.05, 4.69) is 5.32 Å². The van der Waals surface area contributed by atoms with Crippen molar-refractivity contribution in [2.45, 2.75) is 39.3 Å². The minimum Gasteiger partial charge on any atom is -0.493 e. The lowest BCUT2D eigenvalue weighted by molar-refractivity contribution is -0.139. The van der Waals surface area contributed by atoms with E-state index < -0.39 is 12.0 Å². The van der Waals surface area contributed by atoms with Crippen molar-refractivity contribution < 1.29 is 19.4 Å². The maximum absolute atomic E-state index is 11.4. The van der Waals surface area contributed by atoms with E-state index in [0.717, 1.165) is 6.42 Å². The normalized spacial score (nSPS) is 13.6. The van der Waals surface area contributed by atoms with E-state index in [1.165, 1.54) is 0 Å². The van der Waals surface area contributed by atoms with Crippen molar-refractivity contribution in [1.82, 2.24) is 5.32 Å². The van der Waals surface area contributed by atoms with Crippen LogP contribution in [0.3, 0.4) is 0 Å². The van der Waals surface area contributed by atoms with Crippen LogP contribution in [0.25, 0.3) is 0 Å². The molecule has 0 bridgehead atoms. The van der Waals surface area contributed by atoms with E-state index >= 15 is 0 Å². The Labute approximate surface area is 119 Å². The fraction of sp³-hybridized carbons (Fsp3) is 0.533. The van der Waals surface area contributed by atoms with E-state index in [1.54, 1.807) is 25.3 Å². The lowest BCUT2D eigenvalue weighted by Crippen LogP contribution is -2.34. The molecule has 0 aromatic heterocycles. The van der Waals surface area contributed by atoms with Crippen LogP contribution >= 0.6 is 0 Å². The predicted molar refractivity (Wildman–Crippen MR) is 77.4 cm³/mol. The second kappa shape index (κ2) is 7.75. The monoisotopic (exact) mass is 281 g/mol. The number of nitrogens with one attached hydrogen (secondary N) is 1. The van der Waals surface area contributed by atoms with Crippen LogP contribution < -0.4 is 14.8 Å². The van der Waals surface area contributed by atoms with E-state index in [4.69, 9.17) is 9.47 Å². The number of ether oxygens (including phenoxy) is 2. The van der Waals surface area contributed by atoms with Gasteiger partial charge in [-0.15, -0.1) is 0 Å². The summed E-state index contributed by atoms with van der Waals surface area (Å²) in [4.78, 5) is 11.4. The average Bonchev–Trinajstić information content (AvgIpc) is 2.44. The van der Waals surface area contributed by atoms with Gasteiger partial charge in [0.05, 0.1) is 13.7 Å². The van der Waals surface area contributed by atoms with Gasteiger partial charge in [0.25, 0.3) is 0 Å². The molecule has 0 spiro atoms. The second-order valence-corrected chi connectivity index (χ2v) is 4.59. The van der Waals surface area contributed by atoms with Crippen LogP contribution in [0.4, 0.5) is 0 Å². The topological polar surface area (TPSA) is 67.8 Å².